The lowest BCUT2D eigenvalue weighted by Gasteiger charge is -2.12. The van der Waals surface area contributed by atoms with Gasteiger partial charge in [0.05, 0.1) is 16.1 Å². The van der Waals surface area contributed by atoms with Gasteiger partial charge in [0, 0.05) is 11.5 Å². The molecule has 0 spiro atoms. The number of hydrogen-bond acceptors (Lipinski definition) is 2. The summed E-state index contributed by atoms with van der Waals surface area (Å²) in [6, 6.07) is 3.56. The number of Topliss-reactive ketones (excluding diaryl/α,β-unsaturated/α-hetero) is 1. The molecule has 0 amide bonds. The van der Waals surface area contributed by atoms with Crippen LogP contribution in [0.2, 0.25) is 0 Å². The van der Waals surface area contributed by atoms with E-state index in [9.17, 15) is 4.79 Å². The topological polar surface area (TPSA) is 26.3 Å². The predicted molar refractivity (Wildman–Crippen MR) is 72.1 cm³/mol. The molecule has 0 saturated heterocycles. The second kappa shape index (κ2) is 5.64. The highest BCUT2D eigenvalue weighted by Gasteiger charge is 2.19. The lowest BCUT2D eigenvalue weighted by Crippen LogP contribution is -2.09. The minimum absolute atomic E-state index is 0.0210. The van der Waals surface area contributed by atoms with Gasteiger partial charge < -0.3 is 4.74 Å². The molecule has 86 valence electrons. The van der Waals surface area contributed by atoms with E-state index in [4.69, 9.17) is 4.74 Å². The molecular weight excluding hydrogens is 336 g/mol. The van der Waals surface area contributed by atoms with Crippen LogP contribution in [0, 0.1) is 5.92 Å². The number of methoxy groups -OCH3 is 1. The van der Waals surface area contributed by atoms with Crippen LogP contribution in [0.15, 0.2) is 33.7 Å². The number of halogens is 2. The van der Waals surface area contributed by atoms with Crippen molar-refractivity contribution in [1.82, 2.24) is 0 Å². The van der Waals surface area contributed by atoms with Gasteiger partial charge in [-0.2, -0.15) is 0 Å². The zero-order valence-electron chi connectivity index (χ0n) is 9.09. The third kappa shape index (κ3) is 2.55. The Hall–Kier alpha value is -0.610. The number of ether oxygens (including phenoxy) is 1. The van der Waals surface area contributed by atoms with Gasteiger partial charge in [-0.25, -0.2) is 0 Å². The van der Waals surface area contributed by atoms with Crippen LogP contribution in [-0.2, 0) is 0 Å². The van der Waals surface area contributed by atoms with Gasteiger partial charge in [0.1, 0.15) is 5.75 Å². The Balaban J connectivity index is 3.26. The summed E-state index contributed by atoms with van der Waals surface area (Å²) in [6.45, 7) is 5.44. The van der Waals surface area contributed by atoms with E-state index in [1.807, 2.05) is 6.92 Å². The second-order valence-electron chi connectivity index (χ2n) is 3.33. The Morgan fingerprint density at radius 2 is 2.12 bits per heavy atom. The molecule has 1 aromatic rings. The summed E-state index contributed by atoms with van der Waals surface area (Å²) in [5.41, 5.74) is 0.604. The van der Waals surface area contributed by atoms with E-state index in [0.29, 0.717) is 15.8 Å². The van der Waals surface area contributed by atoms with Crippen molar-refractivity contribution in [3.63, 3.8) is 0 Å². The number of rotatable bonds is 4. The highest BCUT2D eigenvalue weighted by Crippen LogP contribution is 2.36. The van der Waals surface area contributed by atoms with Crippen LogP contribution in [0.3, 0.4) is 0 Å². The molecule has 0 heterocycles. The minimum atomic E-state index is -0.206. The van der Waals surface area contributed by atoms with Gasteiger partial charge in [-0.3, -0.25) is 4.79 Å². The first-order valence-corrected chi connectivity index (χ1v) is 6.30. The zero-order chi connectivity index (χ0) is 12.3. The van der Waals surface area contributed by atoms with Crippen molar-refractivity contribution in [2.24, 2.45) is 5.92 Å². The molecule has 1 aromatic carbocycles. The fourth-order valence-corrected chi connectivity index (χ4v) is 2.72. The molecule has 0 aliphatic carbocycles. The van der Waals surface area contributed by atoms with Gasteiger partial charge >= 0.3 is 0 Å². The molecule has 0 N–H and O–H groups in total. The van der Waals surface area contributed by atoms with Crippen molar-refractivity contribution in [3.05, 3.63) is 39.3 Å². The van der Waals surface area contributed by atoms with E-state index in [0.717, 1.165) is 4.47 Å². The Morgan fingerprint density at radius 3 is 2.62 bits per heavy atom. The number of benzene rings is 1. The van der Waals surface area contributed by atoms with E-state index in [1.165, 1.54) is 0 Å². The van der Waals surface area contributed by atoms with E-state index < -0.39 is 0 Å². The summed E-state index contributed by atoms with van der Waals surface area (Å²) in [5.74, 6) is 0.442. The first-order chi connectivity index (χ1) is 7.52. The normalized spacial score (nSPS) is 12.0. The van der Waals surface area contributed by atoms with Crippen LogP contribution < -0.4 is 4.74 Å². The van der Waals surface area contributed by atoms with Gasteiger partial charge in [0.25, 0.3) is 0 Å². The van der Waals surface area contributed by atoms with Crippen LogP contribution in [-0.4, -0.2) is 12.9 Å². The zero-order valence-corrected chi connectivity index (χ0v) is 12.3. The van der Waals surface area contributed by atoms with E-state index in [-0.39, 0.29) is 11.7 Å². The highest BCUT2D eigenvalue weighted by molar-refractivity contribution is 9.11. The molecule has 0 aliphatic heterocycles. The van der Waals surface area contributed by atoms with Crippen molar-refractivity contribution in [3.8, 4) is 5.75 Å². The molecule has 2 nitrogen and oxygen atoms in total. The Kier molecular flexibility index (Phi) is 4.74. The SMILES string of the molecule is C=CC(C)C(=O)c1ccc(Br)c(OC)c1Br. The highest BCUT2D eigenvalue weighted by atomic mass is 79.9. The van der Waals surface area contributed by atoms with Crippen molar-refractivity contribution in [2.45, 2.75) is 6.92 Å². The quantitative estimate of drug-likeness (QED) is 0.602. The van der Waals surface area contributed by atoms with E-state index in [1.54, 1.807) is 25.3 Å². The third-order valence-corrected chi connectivity index (χ3v) is 3.70. The molecular formula is C12H12Br2O2. The predicted octanol–water partition coefficient (Wildman–Crippen LogP) is 4.23. The average Bonchev–Trinajstić information content (AvgIpc) is 2.28. The molecule has 0 aromatic heterocycles. The van der Waals surface area contributed by atoms with Crippen LogP contribution in [0.25, 0.3) is 0 Å². The molecule has 0 aliphatic rings. The van der Waals surface area contributed by atoms with Gasteiger partial charge in [0.2, 0.25) is 0 Å². The summed E-state index contributed by atoms with van der Waals surface area (Å²) in [7, 11) is 1.57. The van der Waals surface area contributed by atoms with Crippen molar-refractivity contribution in [1.29, 1.82) is 0 Å². The third-order valence-electron chi connectivity index (χ3n) is 2.29. The smallest absolute Gasteiger partial charge is 0.170 e. The maximum Gasteiger partial charge on any atom is 0.170 e. The summed E-state index contributed by atoms with van der Waals surface area (Å²) < 4.78 is 6.69. The average molecular weight is 348 g/mol. The fraction of sp³-hybridized carbons (Fsp3) is 0.250. The molecule has 16 heavy (non-hydrogen) atoms. The van der Waals surface area contributed by atoms with Crippen LogP contribution in [0.5, 0.6) is 5.75 Å². The summed E-state index contributed by atoms with van der Waals surface area (Å²) in [4.78, 5) is 12.0. The van der Waals surface area contributed by atoms with Crippen molar-refractivity contribution >= 4 is 37.6 Å². The maximum atomic E-state index is 12.0. The summed E-state index contributed by atoms with van der Waals surface area (Å²) >= 11 is 6.74. The lowest BCUT2D eigenvalue weighted by molar-refractivity contribution is 0.0952. The Morgan fingerprint density at radius 1 is 1.50 bits per heavy atom. The fourth-order valence-electron chi connectivity index (χ4n) is 1.26. The standard InChI is InChI=1S/C12H12Br2O2/c1-4-7(2)11(15)8-5-6-9(13)12(16-3)10(8)14/h4-7H,1H2,2-3H3. The van der Waals surface area contributed by atoms with Crippen LogP contribution in [0.1, 0.15) is 17.3 Å². The summed E-state index contributed by atoms with van der Waals surface area (Å²) in [6.07, 6.45) is 1.63. The number of allylic oxidation sites excluding steroid dienone is 1. The summed E-state index contributed by atoms with van der Waals surface area (Å²) in [5, 5.41) is 0. The van der Waals surface area contributed by atoms with Crippen molar-refractivity contribution in [2.75, 3.05) is 7.11 Å². The Labute approximate surface area is 112 Å². The monoisotopic (exact) mass is 346 g/mol. The molecule has 1 rings (SSSR count). The molecule has 0 fully saturated rings. The molecule has 0 saturated carbocycles. The van der Waals surface area contributed by atoms with E-state index >= 15 is 0 Å². The van der Waals surface area contributed by atoms with Gasteiger partial charge in [-0.15, -0.1) is 6.58 Å². The first kappa shape index (κ1) is 13.5. The van der Waals surface area contributed by atoms with Crippen LogP contribution in [0.4, 0.5) is 0 Å². The molecule has 4 heteroatoms. The number of carbonyl (C=O) groups excluding carboxylic acids is 1. The van der Waals surface area contributed by atoms with Gasteiger partial charge in [-0.05, 0) is 44.0 Å². The molecule has 1 atom stereocenters. The van der Waals surface area contributed by atoms with E-state index in [2.05, 4.69) is 38.4 Å². The lowest BCUT2D eigenvalue weighted by atomic mass is 9.99. The first-order valence-electron chi connectivity index (χ1n) is 4.71. The van der Waals surface area contributed by atoms with Gasteiger partial charge in [-0.1, -0.05) is 13.0 Å². The molecule has 0 radical (unpaired) electrons. The minimum Gasteiger partial charge on any atom is -0.494 e. The maximum absolute atomic E-state index is 12.0. The number of ketones is 1. The van der Waals surface area contributed by atoms with Gasteiger partial charge in [0.15, 0.2) is 5.78 Å². The number of hydrogen-bond donors (Lipinski definition) is 0. The second-order valence-corrected chi connectivity index (χ2v) is 4.98. The molecule has 0 bridgehead atoms. The number of carbonyl (C=O) groups is 1. The largest absolute Gasteiger partial charge is 0.494 e. The Bertz CT molecular complexity index is 427. The van der Waals surface area contributed by atoms with Crippen LogP contribution >= 0.6 is 31.9 Å². The molecule has 1 unspecified atom stereocenters. The van der Waals surface area contributed by atoms with Crippen molar-refractivity contribution < 1.29 is 9.53 Å².